The number of fused-ring (bicyclic) bond motifs is 1. The Hall–Kier alpha value is -3.61. The molecule has 0 saturated heterocycles. The number of benzene rings is 2. The van der Waals surface area contributed by atoms with Gasteiger partial charge >= 0.3 is 5.97 Å². The number of carbonyl (C=O) groups is 1. The highest BCUT2D eigenvalue weighted by Crippen LogP contribution is 2.39. The van der Waals surface area contributed by atoms with Crippen LogP contribution in [0.25, 0.3) is 0 Å². The first-order valence-corrected chi connectivity index (χ1v) is 8.90. The third-order valence-corrected chi connectivity index (χ3v) is 4.65. The Morgan fingerprint density at radius 2 is 1.89 bits per heavy atom. The van der Waals surface area contributed by atoms with Gasteiger partial charge in [0.25, 0.3) is 0 Å². The molecule has 0 bridgehead atoms. The molecule has 142 valence electrons. The fraction of sp³-hybridized carbons (Fsp3) is 0.190. The maximum atomic E-state index is 12.6. The van der Waals surface area contributed by atoms with Gasteiger partial charge in [0.2, 0.25) is 5.95 Å². The number of ether oxygens (including phenoxy) is 2. The van der Waals surface area contributed by atoms with Gasteiger partial charge in [-0.1, -0.05) is 48.5 Å². The molecule has 1 aromatic heterocycles. The van der Waals surface area contributed by atoms with Crippen molar-refractivity contribution in [3.05, 3.63) is 83.3 Å². The number of para-hydroxylation sites is 1. The normalized spacial score (nSPS) is 15.6. The van der Waals surface area contributed by atoms with E-state index in [1.54, 1.807) is 4.68 Å². The third-order valence-electron chi connectivity index (χ3n) is 4.65. The molecule has 0 amide bonds. The number of nitrogens with one attached hydrogen (secondary N) is 1. The van der Waals surface area contributed by atoms with E-state index in [0.717, 1.165) is 11.1 Å². The molecule has 1 atom stereocenters. The number of hydrogen-bond acceptors (Lipinski definition) is 6. The minimum absolute atomic E-state index is 0.420. The van der Waals surface area contributed by atoms with E-state index in [1.165, 1.54) is 13.4 Å². The number of anilines is 1. The summed E-state index contributed by atoms with van der Waals surface area (Å²) < 4.78 is 12.8. The number of nitrogens with zero attached hydrogens (tertiary/aromatic N) is 3. The monoisotopic (exact) mass is 376 g/mol. The molecule has 0 aliphatic carbocycles. The Bertz CT molecular complexity index is 1030. The molecule has 4 rings (SSSR count). The van der Waals surface area contributed by atoms with Crippen molar-refractivity contribution in [2.75, 3.05) is 12.4 Å². The lowest BCUT2D eigenvalue weighted by atomic mass is 9.95. The number of methoxy groups -OCH3 is 1. The van der Waals surface area contributed by atoms with E-state index in [9.17, 15) is 4.79 Å². The van der Waals surface area contributed by atoms with Gasteiger partial charge in [-0.05, 0) is 18.6 Å². The molecule has 0 radical (unpaired) electrons. The smallest absolute Gasteiger partial charge is 0.338 e. The number of rotatable bonds is 5. The van der Waals surface area contributed by atoms with Crippen molar-refractivity contribution in [3.8, 4) is 5.75 Å². The quantitative estimate of drug-likeness (QED) is 0.688. The second kappa shape index (κ2) is 7.56. The lowest BCUT2D eigenvalue weighted by molar-refractivity contribution is -0.136. The fourth-order valence-electron chi connectivity index (χ4n) is 3.33. The first kappa shape index (κ1) is 17.8. The highest BCUT2D eigenvalue weighted by Gasteiger charge is 2.35. The summed E-state index contributed by atoms with van der Waals surface area (Å²) in [7, 11) is 1.37. The van der Waals surface area contributed by atoms with Crippen LogP contribution in [0.1, 0.15) is 24.1 Å². The van der Waals surface area contributed by atoms with Crippen LogP contribution in [0.3, 0.4) is 0 Å². The van der Waals surface area contributed by atoms with Gasteiger partial charge in [0.1, 0.15) is 24.7 Å². The van der Waals surface area contributed by atoms with E-state index in [4.69, 9.17) is 9.47 Å². The Morgan fingerprint density at radius 1 is 1.14 bits per heavy atom. The summed E-state index contributed by atoms with van der Waals surface area (Å²) in [5, 5.41) is 7.43. The highest BCUT2D eigenvalue weighted by atomic mass is 16.5. The van der Waals surface area contributed by atoms with E-state index in [1.807, 2.05) is 61.5 Å². The van der Waals surface area contributed by atoms with Crippen molar-refractivity contribution in [1.82, 2.24) is 14.8 Å². The standard InChI is InChI=1S/C21H20N4O3/c1-14-18(20(26)27-2)19(25-21(24-14)22-13-23-25)16-10-6-7-11-17(16)28-12-15-8-4-3-5-9-15/h3-11,13,19H,12H2,1-2H3,(H,22,23,24)/t19-/m1/s1. The summed E-state index contributed by atoms with van der Waals surface area (Å²) in [4.78, 5) is 16.8. The molecule has 2 heterocycles. The van der Waals surface area contributed by atoms with Crippen LogP contribution in [0.2, 0.25) is 0 Å². The summed E-state index contributed by atoms with van der Waals surface area (Å²) in [6.07, 6.45) is 1.45. The Morgan fingerprint density at radius 3 is 2.68 bits per heavy atom. The Balaban J connectivity index is 1.76. The summed E-state index contributed by atoms with van der Waals surface area (Å²) in [6, 6.07) is 17.1. The molecule has 1 aliphatic heterocycles. The molecule has 7 heteroatoms. The van der Waals surface area contributed by atoms with Crippen molar-refractivity contribution in [2.45, 2.75) is 19.6 Å². The average molecular weight is 376 g/mol. The molecule has 1 N–H and O–H groups in total. The first-order chi connectivity index (χ1) is 13.7. The molecular weight excluding hydrogens is 356 g/mol. The maximum Gasteiger partial charge on any atom is 0.338 e. The van der Waals surface area contributed by atoms with Gasteiger partial charge in [0.05, 0.1) is 12.7 Å². The van der Waals surface area contributed by atoms with E-state index < -0.39 is 12.0 Å². The maximum absolute atomic E-state index is 12.6. The van der Waals surface area contributed by atoms with Crippen molar-refractivity contribution in [2.24, 2.45) is 0 Å². The van der Waals surface area contributed by atoms with Crippen LogP contribution in [0.4, 0.5) is 5.95 Å². The van der Waals surface area contributed by atoms with Crippen LogP contribution < -0.4 is 10.1 Å². The van der Waals surface area contributed by atoms with E-state index in [-0.39, 0.29) is 0 Å². The number of hydrogen-bond donors (Lipinski definition) is 1. The predicted molar refractivity (Wildman–Crippen MR) is 104 cm³/mol. The molecular formula is C21H20N4O3. The summed E-state index contributed by atoms with van der Waals surface area (Å²) in [6.45, 7) is 2.24. The van der Waals surface area contributed by atoms with Gasteiger partial charge in [0, 0.05) is 11.3 Å². The van der Waals surface area contributed by atoms with Crippen LogP contribution >= 0.6 is 0 Å². The van der Waals surface area contributed by atoms with Crippen molar-refractivity contribution in [1.29, 1.82) is 0 Å². The molecule has 2 aromatic carbocycles. The van der Waals surface area contributed by atoms with E-state index >= 15 is 0 Å². The summed E-state index contributed by atoms with van der Waals surface area (Å²) in [5.41, 5.74) is 3.02. The zero-order valence-electron chi connectivity index (χ0n) is 15.6. The van der Waals surface area contributed by atoms with Gasteiger partial charge in [-0.15, -0.1) is 0 Å². The second-order valence-corrected chi connectivity index (χ2v) is 6.40. The third kappa shape index (κ3) is 3.22. The molecule has 0 saturated carbocycles. The van der Waals surface area contributed by atoms with Crippen molar-refractivity contribution < 1.29 is 14.3 Å². The first-order valence-electron chi connectivity index (χ1n) is 8.90. The number of esters is 1. The van der Waals surface area contributed by atoms with Crippen LogP contribution in [0.5, 0.6) is 5.75 Å². The van der Waals surface area contributed by atoms with Gasteiger partial charge in [-0.2, -0.15) is 10.1 Å². The van der Waals surface area contributed by atoms with Crippen molar-refractivity contribution in [3.63, 3.8) is 0 Å². The molecule has 7 nitrogen and oxygen atoms in total. The SMILES string of the molecule is COC(=O)C1=C(C)Nc2ncnn2[C@@H]1c1ccccc1OCc1ccccc1. The second-order valence-electron chi connectivity index (χ2n) is 6.40. The molecule has 1 aliphatic rings. The minimum Gasteiger partial charge on any atom is -0.489 e. The zero-order chi connectivity index (χ0) is 19.5. The summed E-state index contributed by atoms with van der Waals surface area (Å²) in [5.74, 6) is 0.816. The summed E-state index contributed by atoms with van der Waals surface area (Å²) >= 11 is 0. The fourth-order valence-corrected chi connectivity index (χ4v) is 3.33. The number of carbonyl (C=O) groups excluding carboxylic acids is 1. The number of allylic oxidation sites excluding steroid dienone is 1. The molecule has 28 heavy (non-hydrogen) atoms. The van der Waals surface area contributed by atoms with Gasteiger partial charge < -0.3 is 14.8 Å². The zero-order valence-corrected chi connectivity index (χ0v) is 15.6. The molecule has 3 aromatic rings. The molecule has 0 fully saturated rings. The van der Waals surface area contributed by atoms with Crippen LogP contribution in [0, 0.1) is 0 Å². The van der Waals surface area contributed by atoms with Gasteiger partial charge in [-0.25, -0.2) is 9.48 Å². The van der Waals surface area contributed by atoms with E-state index in [2.05, 4.69) is 15.4 Å². The lowest BCUT2D eigenvalue weighted by Gasteiger charge is -2.29. The average Bonchev–Trinajstić information content (AvgIpc) is 3.19. The topological polar surface area (TPSA) is 78.3 Å². The predicted octanol–water partition coefficient (Wildman–Crippen LogP) is 3.32. The molecule has 0 unspecified atom stereocenters. The minimum atomic E-state index is -0.502. The van der Waals surface area contributed by atoms with Crippen LogP contribution in [-0.4, -0.2) is 27.8 Å². The lowest BCUT2D eigenvalue weighted by Crippen LogP contribution is -2.29. The van der Waals surface area contributed by atoms with Crippen LogP contribution in [0.15, 0.2) is 72.2 Å². The Labute approximate surface area is 162 Å². The van der Waals surface area contributed by atoms with Gasteiger partial charge in [-0.3, -0.25) is 0 Å². The molecule has 0 spiro atoms. The highest BCUT2D eigenvalue weighted by molar-refractivity contribution is 5.92. The van der Waals surface area contributed by atoms with Crippen LogP contribution in [-0.2, 0) is 16.1 Å². The Kier molecular flexibility index (Phi) is 4.80. The largest absolute Gasteiger partial charge is 0.489 e. The van der Waals surface area contributed by atoms with Crippen molar-refractivity contribution >= 4 is 11.9 Å². The van der Waals surface area contributed by atoms with E-state index in [0.29, 0.717) is 29.6 Å². The number of aromatic nitrogens is 3. The van der Waals surface area contributed by atoms with Gasteiger partial charge in [0.15, 0.2) is 0 Å².